The number of halogens is 1. The van der Waals surface area contributed by atoms with Gasteiger partial charge in [0.1, 0.15) is 6.61 Å². The Morgan fingerprint density at radius 2 is 1.82 bits per heavy atom. The highest BCUT2D eigenvalue weighted by Gasteiger charge is 2.14. The molecule has 34 heavy (non-hydrogen) atoms. The summed E-state index contributed by atoms with van der Waals surface area (Å²) in [6.45, 7) is 0.359. The van der Waals surface area contributed by atoms with Crippen LogP contribution in [-0.4, -0.2) is 12.0 Å². The van der Waals surface area contributed by atoms with E-state index in [1.165, 1.54) is 12.1 Å². The van der Waals surface area contributed by atoms with Crippen LogP contribution in [-0.2, 0) is 6.61 Å². The number of methoxy groups -OCH3 is 1. The van der Waals surface area contributed by atoms with Gasteiger partial charge in [0, 0.05) is 12.1 Å². The number of nitrogens with zero attached hydrogens (tertiary/aromatic N) is 2. The average molecular weight is 515 g/mol. The number of rotatable bonds is 7. The molecule has 4 aromatic rings. The van der Waals surface area contributed by atoms with Crippen LogP contribution < -0.4 is 9.47 Å². The van der Waals surface area contributed by atoms with E-state index in [0.717, 1.165) is 21.9 Å². The normalized spacial score (nSPS) is 11.1. The minimum Gasteiger partial charge on any atom is -0.493 e. The van der Waals surface area contributed by atoms with E-state index in [9.17, 15) is 15.4 Å². The molecule has 0 aliphatic heterocycles. The second kappa shape index (κ2) is 10.2. The van der Waals surface area contributed by atoms with Crippen molar-refractivity contribution in [3.8, 4) is 17.6 Å². The Morgan fingerprint density at radius 3 is 2.53 bits per heavy atom. The predicted octanol–water partition coefficient (Wildman–Crippen LogP) is 7.16. The Balaban J connectivity index is 1.62. The maximum absolute atomic E-state index is 10.9. The summed E-state index contributed by atoms with van der Waals surface area (Å²) in [6, 6.07) is 25.9. The highest BCUT2D eigenvalue weighted by atomic mass is 79.9. The fourth-order valence-corrected chi connectivity index (χ4v) is 4.22. The molecule has 0 amide bonds. The second-order valence-electron chi connectivity index (χ2n) is 7.43. The summed E-state index contributed by atoms with van der Waals surface area (Å²) in [6.07, 6.45) is 1.70. The van der Waals surface area contributed by atoms with Crippen molar-refractivity contribution >= 4 is 44.0 Å². The van der Waals surface area contributed by atoms with Crippen LogP contribution in [0.5, 0.6) is 11.5 Å². The molecule has 0 unspecified atom stereocenters. The van der Waals surface area contributed by atoms with Crippen molar-refractivity contribution in [1.29, 1.82) is 5.26 Å². The lowest BCUT2D eigenvalue weighted by Gasteiger charge is -2.15. The number of benzene rings is 4. The van der Waals surface area contributed by atoms with Gasteiger partial charge in [-0.05, 0) is 73.7 Å². The van der Waals surface area contributed by atoms with E-state index in [0.29, 0.717) is 33.7 Å². The lowest BCUT2D eigenvalue weighted by atomic mass is 10.0. The molecule has 4 aromatic carbocycles. The lowest BCUT2D eigenvalue weighted by molar-refractivity contribution is -0.384. The molecule has 0 aromatic heterocycles. The summed E-state index contributed by atoms with van der Waals surface area (Å²) in [5.74, 6) is 1.07. The molecule has 6 nitrogen and oxygen atoms in total. The van der Waals surface area contributed by atoms with Gasteiger partial charge in [-0.2, -0.15) is 5.26 Å². The van der Waals surface area contributed by atoms with Gasteiger partial charge in [-0.3, -0.25) is 10.1 Å². The topological polar surface area (TPSA) is 85.4 Å². The number of ether oxygens (including phenoxy) is 2. The van der Waals surface area contributed by atoms with Gasteiger partial charge in [-0.15, -0.1) is 0 Å². The molecule has 0 atom stereocenters. The molecule has 0 aliphatic rings. The second-order valence-corrected chi connectivity index (χ2v) is 8.29. The minimum absolute atomic E-state index is 0.0295. The van der Waals surface area contributed by atoms with Gasteiger partial charge in [0.05, 0.1) is 28.1 Å². The summed E-state index contributed by atoms with van der Waals surface area (Å²) in [4.78, 5) is 10.4. The van der Waals surface area contributed by atoms with Crippen molar-refractivity contribution in [2.45, 2.75) is 6.61 Å². The van der Waals surface area contributed by atoms with E-state index in [1.807, 2.05) is 30.3 Å². The zero-order valence-corrected chi connectivity index (χ0v) is 19.8. The number of nitro benzene ring substituents is 1. The molecule has 0 saturated heterocycles. The standard InChI is InChI=1S/C27H19BrN2O4/c1-33-26-15-18(13-22(16-29)19-9-11-23(12-10-19)30(31)32)14-25(28)27(26)34-17-21-7-4-6-20-5-2-3-8-24(20)21/h2-15H,17H2,1H3/b22-13-. The summed E-state index contributed by atoms with van der Waals surface area (Å²) in [5.41, 5.74) is 2.70. The molecule has 7 heteroatoms. The average Bonchev–Trinajstić information content (AvgIpc) is 2.86. The van der Waals surface area contributed by atoms with Crippen LogP contribution in [0.3, 0.4) is 0 Å². The number of non-ortho nitro benzene ring substituents is 1. The molecule has 4 rings (SSSR count). The molecule has 0 saturated carbocycles. The number of nitro groups is 1. The van der Waals surface area contributed by atoms with Crippen molar-refractivity contribution in [3.05, 3.63) is 110 Å². The van der Waals surface area contributed by atoms with E-state index in [2.05, 4.69) is 40.2 Å². The summed E-state index contributed by atoms with van der Waals surface area (Å²) in [7, 11) is 1.56. The first-order valence-electron chi connectivity index (χ1n) is 10.3. The van der Waals surface area contributed by atoms with Crippen molar-refractivity contribution in [2.24, 2.45) is 0 Å². The SMILES string of the molecule is COc1cc(/C=C(/C#N)c2ccc([N+](=O)[O-])cc2)cc(Br)c1OCc1cccc2ccccc12. The van der Waals surface area contributed by atoms with Gasteiger partial charge < -0.3 is 9.47 Å². The van der Waals surface area contributed by atoms with E-state index in [1.54, 1.807) is 31.4 Å². The third kappa shape index (κ3) is 4.92. The maximum atomic E-state index is 10.9. The fourth-order valence-electron chi connectivity index (χ4n) is 3.64. The van der Waals surface area contributed by atoms with Gasteiger partial charge in [0.15, 0.2) is 11.5 Å². The molecular weight excluding hydrogens is 496 g/mol. The Kier molecular flexibility index (Phi) is 6.90. The largest absolute Gasteiger partial charge is 0.493 e. The summed E-state index contributed by atoms with van der Waals surface area (Å²) >= 11 is 3.56. The molecule has 0 spiro atoms. The zero-order valence-electron chi connectivity index (χ0n) is 18.2. The fraction of sp³-hybridized carbons (Fsp3) is 0.0741. The van der Waals surface area contributed by atoms with E-state index in [4.69, 9.17) is 9.47 Å². The van der Waals surface area contributed by atoms with Gasteiger partial charge >= 0.3 is 0 Å². The Hall–Kier alpha value is -4.15. The summed E-state index contributed by atoms with van der Waals surface area (Å²) < 4.78 is 12.4. The predicted molar refractivity (Wildman–Crippen MR) is 136 cm³/mol. The third-order valence-corrected chi connectivity index (χ3v) is 5.91. The van der Waals surface area contributed by atoms with Crippen molar-refractivity contribution in [2.75, 3.05) is 7.11 Å². The van der Waals surface area contributed by atoms with Crippen LogP contribution in [0.2, 0.25) is 0 Å². The first-order chi connectivity index (χ1) is 16.5. The minimum atomic E-state index is -0.474. The van der Waals surface area contributed by atoms with E-state index >= 15 is 0 Å². The van der Waals surface area contributed by atoms with Crippen LogP contribution >= 0.6 is 15.9 Å². The molecule has 0 aliphatic carbocycles. The smallest absolute Gasteiger partial charge is 0.269 e. The number of hydrogen-bond donors (Lipinski definition) is 0. The zero-order chi connectivity index (χ0) is 24.1. The number of fused-ring (bicyclic) bond motifs is 1. The molecule has 0 N–H and O–H groups in total. The van der Waals surface area contributed by atoms with Crippen LogP contribution in [0.4, 0.5) is 5.69 Å². The number of allylic oxidation sites excluding steroid dienone is 1. The van der Waals surface area contributed by atoms with Crippen LogP contribution in [0.15, 0.2) is 83.3 Å². The quantitative estimate of drug-likeness (QED) is 0.113. The molecule has 0 heterocycles. The van der Waals surface area contributed by atoms with Crippen LogP contribution in [0.25, 0.3) is 22.4 Å². The Bertz CT molecular complexity index is 1430. The van der Waals surface area contributed by atoms with Crippen molar-refractivity contribution < 1.29 is 14.4 Å². The molecule has 0 bridgehead atoms. The highest BCUT2D eigenvalue weighted by Crippen LogP contribution is 2.38. The Labute approximate surface area is 205 Å². The van der Waals surface area contributed by atoms with Gasteiger partial charge in [0.2, 0.25) is 0 Å². The van der Waals surface area contributed by atoms with Crippen molar-refractivity contribution in [3.63, 3.8) is 0 Å². The van der Waals surface area contributed by atoms with E-state index < -0.39 is 4.92 Å². The highest BCUT2D eigenvalue weighted by molar-refractivity contribution is 9.10. The molecule has 168 valence electrons. The third-order valence-electron chi connectivity index (χ3n) is 5.32. The molecular formula is C27H19BrN2O4. The Morgan fingerprint density at radius 1 is 1.09 bits per heavy atom. The van der Waals surface area contributed by atoms with Crippen LogP contribution in [0.1, 0.15) is 16.7 Å². The lowest BCUT2D eigenvalue weighted by Crippen LogP contribution is -2.00. The van der Waals surface area contributed by atoms with Crippen LogP contribution in [0, 0.1) is 21.4 Å². The van der Waals surface area contributed by atoms with Gasteiger partial charge in [0.25, 0.3) is 5.69 Å². The summed E-state index contributed by atoms with van der Waals surface area (Å²) in [5, 5.41) is 22.8. The van der Waals surface area contributed by atoms with Crippen molar-refractivity contribution in [1.82, 2.24) is 0 Å². The number of hydrogen-bond acceptors (Lipinski definition) is 5. The first-order valence-corrected chi connectivity index (χ1v) is 11.1. The van der Waals surface area contributed by atoms with Gasteiger partial charge in [-0.1, -0.05) is 42.5 Å². The first kappa shape index (κ1) is 23.0. The maximum Gasteiger partial charge on any atom is 0.269 e. The van der Waals surface area contributed by atoms with Gasteiger partial charge in [-0.25, -0.2) is 0 Å². The monoisotopic (exact) mass is 514 g/mol. The molecule has 0 fully saturated rings. The molecule has 0 radical (unpaired) electrons. The van der Waals surface area contributed by atoms with E-state index in [-0.39, 0.29) is 5.69 Å². The number of nitriles is 1.